The highest BCUT2D eigenvalue weighted by Gasteiger charge is 2.37. The number of hydrogen-bond acceptors (Lipinski definition) is 10. The summed E-state index contributed by atoms with van der Waals surface area (Å²) in [7, 11) is 0. The molecule has 1 aliphatic rings. The Bertz CT molecular complexity index is 1650. The number of pyridine rings is 1. The molecule has 0 aliphatic carbocycles. The standard InChI is InChI=1S/C33H41N7O4S/c1-20(2)34-26-17-23(29(41)40-15-11-14-25(40)28-35-21(3)19-45-28)16-24(36-26)27-38-39-30(43-27)33(7,18-22-12-9-8-10-13-22)37-31(42)44-32(4,5)6/h8-10,12-13,16-17,19-20,25H,11,14-15,18H2,1-7H3,(H,34,36)(H,37,42)/t25-,33?/m1/s1. The zero-order chi connectivity index (χ0) is 32.4. The van der Waals surface area contributed by atoms with E-state index in [4.69, 9.17) is 14.1 Å². The maximum Gasteiger partial charge on any atom is 0.408 e. The van der Waals surface area contributed by atoms with Gasteiger partial charge in [-0.3, -0.25) is 4.79 Å². The molecule has 5 rings (SSSR count). The van der Waals surface area contributed by atoms with Crippen LogP contribution in [0.3, 0.4) is 0 Å². The molecule has 1 fully saturated rings. The zero-order valence-corrected chi connectivity index (χ0v) is 27.7. The van der Waals surface area contributed by atoms with E-state index in [1.54, 1.807) is 44.2 Å². The molecule has 12 heteroatoms. The molecule has 3 aromatic heterocycles. The quantitative estimate of drug-likeness (QED) is 0.207. The van der Waals surface area contributed by atoms with Gasteiger partial charge in [0.15, 0.2) is 0 Å². The Morgan fingerprint density at radius 3 is 2.53 bits per heavy atom. The average molecular weight is 632 g/mol. The second-order valence-corrected chi connectivity index (χ2v) is 13.8. The number of nitrogens with zero attached hydrogens (tertiary/aromatic N) is 5. The predicted octanol–water partition coefficient (Wildman–Crippen LogP) is 6.68. The number of nitrogens with one attached hydrogen (secondary N) is 2. The van der Waals surface area contributed by atoms with Crippen LogP contribution in [0.15, 0.2) is 52.3 Å². The van der Waals surface area contributed by atoms with E-state index in [1.807, 2.05) is 68.3 Å². The average Bonchev–Trinajstić information content (AvgIpc) is 3.72. The first-order valence-electron chi connectivity index (χ1n) is 15.2. The summed E-state index contributed by atoms with van der Waals surface area (Å²) < 4.78 is 11.8. The molecule has 4 heterocycles. The van der Waals surface area contributed by atoms with Crippen molar-refractivity contribution >= 4 is 29.2 Å². The molecule has 1 aliphatic heterocycles. The fourth-order valence-corrected chi connectivity index (χ4v) is 6.29. The second-order valence-electron chi connectivity index (χ2n) is 12.9. The van der Waals surface area contributed by atoms with Gasteiger partial charge in [-0.2, -0.15) is 0 Å². The third kappa shape index (κ3) is 7.86. The van der Waals surface area contributed by atoms with Crippen LogP contribution in [-0.2, 0) is 16.7 Å². The van der Waals surface area contributed by atoms with Crippen LogP contribution in [0.25, 0.3) is 11.6 Å². The number of thiazole rings is 1. The fraction of sp³-hybridized carbons (Fsp3) is 0.455. The Hall–Kier alpha value is -4.32. The van der Waals surface area contributed by atoms with E-state index in [1.165, 1.54) is 0 Å². The highest BCUT2D eigenvalue weighted by atomic mass is 32.1. The van der Waals surface area contributed by atoms with E-state index in [9.17, 15) is 9.59 Å². The van der Waals surface area contributed by atoms with Gasteiger partial charge in [0.2, 0.25) is 5.89 Å². The first-order valence-corrected chi connectivity index (χ1v) is 16.1. The maximum absolute atomic E-state index is 14.0. The van der Waals surface area contributed by atoms with Crippen molar-refractivity contribution in [2.75, 3.05) is 11.9 Å². The molecule has 1 aromatic carbocycles. The van der Waals surface area contributed by atoms with Crippen molar-refractivity contribution in [3.05, 3.63) is 75.6 Å². The molecule has 2 amide bonds. The van der Waals surface area contributed by atoms with Crippen LogP contribution in [0.4, 0.5) is 10.6 Å². The lowest BCUT2D eigenvalue weighted by Gasteiger charge is -2.29. The number of carbonyl (C=O) groups excluding carboxylic acids is 2. The van der Waals surface area contributed by atoms with Crippen LogP contribution in [-0.4, -0.2) is 55.3 Å². The number of aryl methyl sites for hydroxylation is 1. The summed E-state index contributed by atoms with van der Waals surface area (Å²) in [5, 5.41) is 17.9. The van der Waals surface area contributed by atoms with Crippen molar-refractivity contribution in [2.45, 2.75) is 91.0 Å². The van der Waals surface area contributed by atoms with E-state index >= 15 is 0 Å². The van der Waals surface area contributed by atoms with Gasteiger partial charge in [-0.1, -0.05) is 30.3 Å². The topological polar surface area (TPSA) is 135 Å². The number of aromatic nitrogens is 4. The number of amides is 2. The molecule has 0 spiro atoms. The molecule has 11 nitrogen and oxygen atoms in total. The first-order chi connectivity index (χ1) is 21.3. The van der Waals surface area contributed by atoms with Crippen molar-refractivity contribution < 1.29 is 18.7 Å². The number of rotatable bonds is 9. The molecule has 2 atom stereocenters. The van der Waals surface area contributed by atoms with E-state index in [-0.39, 0.29) is 29.8 Å². The largest absolute Gasteiger partial charge is 0.444 e. The summed E-state index contributed by atoms with van der Waals surface area (Å²) in [6.07, 6.45) is 1.53. The van der Waals surface area contributed by atoms with Crippen molar-refractivity contribution in [3.8, 4) is 11.6 Å². The molecule has 0 bridgehead atoms. The van der Waals surface area contributed by atoms with Gasteiger partial charge in [0.1, 0.15) is 27.7 Å². The summed E-state index contributed by atoms with van der Waals surface area (Å²) in [6, 6.07) is 13.2. The van der Waals surface area contributed by atoms with Gasteiger partial charge in [0.25, 0.3) is 11.8 Å². The lowest BCUT2D eigenvalue weighted by molar-refractivity contribution is 0.0443. The molecule has 0 radical (unpaired) electrons. The molecule has 4 aromatic rings. The van der Waals surface area contributed by atoms with Crippen LogP contribution in [0, 0.1) is 6.92 Å². The Morgan fingerprint density at radius 2 is 1.87 bits per heavy atom. The molecular weight excluding hydrogens is 590 g/mol. The van der Waals surface area contributed by atoms with Gasteiger partial charge in [-0.15, -0.1) is 21.5 Å². The van der Waals surface area contributed by atoms with Gasteiger partial charge in [0.05, 0.1) is 6.04 Å². The third-order valence-corrected chi connectivity index (χ3v) is 8.30. The van der Waals surface area contributed by atoms with Crippen molar-refractivity contribution in [3.63, 3.8) is 0 Å². The Labute approximate surface area is 267 Å². The Balaban J connectivity index is 1.49. The van der Waals surface area contributed by atoms with Crippen molar-refractivity contribution in [2.24, 2.45) is 0 Å². The number of likely N-dealkylation sites (tertiary alicyclic amines) is 1. The summed E-state index contributed by atoms with van der Waals surface area (Å²) in [4.78, 5) is 38.2. The minimum Gasteiger partial charge on any atom is -0.444 e. The van der Waals surface area contributed by atoms with E-state index in [0.29, 0.717) is 30.0 Å². The Morgan fingerprint density at radius 1 is 1.11 bits per heavy atom. The SMILES string of the molecule is Cc1csc([C@H]2CCCN2C(=O)c2cc(NC(C)C)nc(-c3nnc(C(C)(Cc4ccccc4)NC(=O)OC(C)(C)C)o3)c2)n1. The van der Waals surface area contributed by atoms with Gasteiger partial charge in [-0.25, -0.2) is 14.8 Å². The third-order valence-electron chi connectivity index (χ3n) is 7.24. The van der Waals surface area contributed by atoms with Crippen LogP contribution < -0.4 is 10.6 Å². The molecule has 238 valence electrons. The number of anilines is 1. The highest BCUT2D eigenvalue weighted by molar-refractivity contribution is 7.09. The molecular formula is C33H41N7O4S. The molecule has 45 heavy (non-hydrogen) atoms. The normalized spacial score (nSPS) is 16.4. The number of carbonyl (C=O) groups is 2. The lowest BCUT2D eigenvalue weighted by Crippen LogP contribution is -2.47. The van der Waals surface area contributed by atoms with Crippen molar-refractivity contribution in [1.82, 2.24) is 30.4 Å². The monoisotopic (exact) mass is 631 g/mol. The van der Waals surface area contributed by atoms with Gasteiger partial charge >= 0.3 is 6.09 Å². The molecule has 1 saturated heterocycles. The number of benzene rings is 1. The molecule has 1 unspecified atom stereocenters. The van der Waals surface area contributed by atoms with Gasteiger partial charge in [0, 0.05) is 35.6 Å². The van der Waals surface area contributed by atoms with Crippen LogP contribution in [0.5, 0.6) is 0 Å². The van der Waals surface area contributed by atoms with Gasteiger partial charge in [-0.05, 0) is 79.0 Å². The minimum absolute atomic E-state index is 0.0676. The van der Waals surface area contributed by atoms with E-state index in [2.05, 4.69) is 25.8 Å². The first kappa shape index (κ1) is 32.1. The summed E-state index contributed by atoms with van der Waals surface area (Å²) >= 11 is 1.59. The predicted molar refractivity (Wildman–Crippen MR) is 173 cm³/mol. The number of hydrogen-bond donors (Lipinski definition) is 2. The number of ether oxygens (including phenoxy) is 1. The Kier molecular flexibility index (Phi) is 9.24. The zero-order valence-electron chi connectivity index (χ0n) is 26.9. The van der Waals surface area contributed by atoms with Crippen LogP contribution >= 0.6 is 11.3 Å². The molecule has 2 N–H and O–H groups in total. The van der Waals surface area contributed by atoms with Crippen molar-refractivity contribution in [1.29, 1.82) is 0 Å². The number of alkyl carbamates (subject to hydrolysis) is 1. The minimum atomic E-state index is -1.10. The second kappa shape index (κ2) is 13.0. The summed E-state index contributed by atoms with van der Waals surface area (Å²) in [5.41, 5.74) is 0.930. The lowest BCUT2D eigenvalue weighted by atomic mass is 9.92. The molecule has 0 saturated carbocycles. The smallest absolute Gasteiger partial charge is 0.408 e. The maximum atomic E-state index is 14.0. The van der Waals surface area contributed by atoms with E-state index in [0.717, 1.165) is 29.1 Å². The van der Waals surface area contributed by atoms with E-state index < -0.39 is 17.2 Å². The fourth-order valence-electron chi connectivity index (χ4n) is 5.35. The summed E-state index contributed by atoms with van der Waals surface area (Å²) in [6.45, 7) is 13.8. The van der Waals surface area contributed by atoms with Gasteiger partial charge < -0.3 is 24.7 Å². The van der Waals surface area contributed by atoms with Crippen LogP contribution in [0.2, 0.25) is 0 Å². The van der Waals surface area contributed by atoms with Crippen LogP contribution in [0.1, 0.15) is 92.9 Å². The highest BCUT2D eigenvalue weighted by Crippen LogP contribution is 2.36. The summed E-state index contributed by atoms with van der Waals surface area (Å²) in [5.74, 6) is 0.722.